The standard InChI is InChI=1S/C7H12BrNO/c8-3-7(10)5-9-4-6-1-2-6/h6,9H,1-5H2. The fraction of sp³-hybridized carbons (Fsp3) is 0.857. The van der Waals surface area contributed by atoms with Crippen molar-refractivity contribution in [1.82, 2.24) is 5.32 Å². The van der Waals surface area contributed by atoms with Crippen LogP contribution in [0.4, 0.5) is 0 Å². The Balaban J connectivity index is 1.88. The van der Waals surface area contributed by atoms with Gasteiger partial charge in [0, 0.05) is 0 Å². The van der Waals surface area contributed by atoms with E-state index in [1.807, 2.05) is 0 Å². The van der Waals surface area contributed by atoms with Crippen molar-refractivity contribution in [2.75, 3.05) is 18.4 Å². The van der Waals surface area contributed by atoms with E-state index < -0.39 is 0 Å². The Morgan fingerprint density at radius 1 is 1.60 bits per heavy atom. The number of rotatable bonds is 5. The Bertz CT molecular complexity index is 123. The molecule has 0 unspecified atom stereocenters. The Labute approximate surface area is 69.5 Å². The highest BCUT2D eigenvalue weighted by Crippen LogP contribution is 2.27. The van der Waals surface area contributed by atoms with Crippen molar-refractivity contribution in [2.45, 2.75) is 12.8 Å². The molecule has 2 nitrogen and oxygen atoms in total. The molecule has 0 bridgehead atoms. The topological polar surface area (TPSA) is 29.1 Å². The summed E-state index contributed by atoms with van der Waals surface area (Å²) in [4.78, 5) is 10.7. The summed E-state index contributed by atoms with van der Waals surface area (Å²) in [6.07, 6.45) is 2.69. The summed E-state index contributed by atoms with van der Waals surface area (Å²) < 4.78 is 0. The number of carbonyl (C=O) groups excluding carboxylic acids is 1. The summed E-state index contributed by atoms with van der Waals surface area (Å²) in [5.41, 5.74) is 0. The first-order valence-electron chi connectivity index (χ1n) is 3.61. The number of hydrogen-bond donors (Lipinski definition) is 1. The van der Waals surface area contributed by atoms with Crippen molar-refractivity contribution >= 4 is 21.7 Å². The molecule has 1 N–H and O–H groups in total. The van der Waals surface area contributed by atoms with Gasteiger partial charge in [-0.15, -0.1) is 0 Å². The van der Waals surface area contributed by atoms with Gasteiger partial charge in [0.05, 0.1) is 11.9 Å². The van der Waals surface area contributed by atoms with Gasteiger partial charge in [0.15, 0.2) is 5.78 Å². The van der Waals surface area contributed by atoms with E-state index in [2.05, 4.69) is 21.2 Å². The third kappa shape index (κ3) is 3.32. The molecule has 1 fully saturated rings. The third-order valence-corrected chi connectivity index (χ3v) is 2.23. The second kappa shape index (κ2) is 4.09. The largest absolute Gasteiger partial charge is 0.310 e. The smallest absolute Gasteiger partial charge is 0.157 e. The van der Waals surface area contributed by atoms with Crippen LogP contribution in [0, 0.1) is 5.92 Å². The molecule has 1 saturated carbocycles. The SMILES string of the molecule is O=C(CBr)CNCC1CC1. The molecule has 0 aromatic rings. The quantitative estimate of drug-likeness (QED) is 0.678. The van der Waals surface area contributed by atoms with E-state index in [9.17, 15) is 4.79 Å². The highest BCUT2D eigenvalue weighted by molar-refractivity contribution is 9.09. The molecule has 10 heavy (non-hydrogen) atoms. The molecular weight excluding hydrogens is 194 g/mol. The van der Waals surface area contributed by atoms with Gasteiger partial charge in [0.2, 0.25) is 0 Å². The molecule has 1 rings (SSSR count). The number of hydrogen-bond acceptors (Lipinski definition) is 2. The predicted octanol–water partition coefficient (Wildman–Crippen LogP) is 0.950. The van der Waals surface area contributed by atoms with Gasteiger partial charge in [-0.1, -0.05) is 15.9 Å². The number of Topliss-reactive ketones (excluding diaryl/α,β-unsaturated/α-hetero) is 1. The van der Waals surface area contributed by atoms with Crippen molar-refractivity contribution in [3.8, 4) is 0 Å². The molecule has 0 amide bonds. The first-order valence-corrected chi connectivity index (χ1v) is 4.73. The maximum Gasteiger partial charge on any atom is 0.157 e. The summed E-state index contributed by atoms with van der Waals surface area (Å²) >= 11 is 3.11. The minimum absolute atomic E-state index is 0.237. The maximum absolute atomic E-state index is 10.7. The average molecular weight is 206 g/mol. The molecule has 1 aliphatic rings. The molecule has 0 saturated heterocycles. The summed E-state index contributed by atoms with van der Waals surface area (Å²) in [7, 11) is 0. The molecule has 0 aromatic heterocycles. The molecule has 0 spiro atoms. The lowest BCUT2D eigenvalue weighted by Gasteiger charge is -1.98. The first-order chi connectivity index (χ1) is 4.83. The van der Waals surface area contributed by atoms with Crippen LogP contribution in [-0.2, 0) is 4.79 Å². The van der Waals surface area contributed by atoms with Crippen molar-refractivity contribution in [2.24, 2.45) is 5.92 Å². The second-order valence-corrected chi connectivity index (χ2v) is 3.31. The van der Waals surface area contributed by atoms with Gasteiger partial charge in [-0.25, -0.2) is 0 Å². The molecule has 0 radical (unpaired) electrons. The Morgan fingerprint density at radius 3 is 2.80 bits per heavy atom. The van der Waals surface area contributed by atoms with Crippen LogP contribution in [0.25, 0.3) is 0 Å². The van der Waals surface area contributed by atoms with Crippen LogP contribution in [0.1, 0.15) is 12.8 Å². The van der Waals surface area contributed by atoms with Crippen molar-refractivity contribution < 1.29 is 4.79 Å². The Morgan fingerprint density at radius 2 is 2.30 bits per heavy atom. The van der Waals surface area contributed by atoms with Crippen LogP contribution in [0.15, 0.2) is 0 Å². The highest BCUT2D eigenvalue weighted by atomic mass is 79.9. The van der Waals surface area contributed by atoms with Gasteiger partial charge in [0.25, 0.3) is 0 Å². The van der Waals surface area contributed by atoms with E-state index in [0.29, 0.717) is 11.9 Å². The maximum atomic E-state index is 10.7. The van der Waals surface area contributed by atoms with E-state index in [4.69, 9.17) is 0 Å². The minimum Gasteiger partial charge on any atom is -0.310 e. The molecule has 0 atom stereocenters. The van der Waals surface area contributed by atoms with Gasteiger partial charge >= 0.3 is 0 Å². The zero-order valence-electron chi connectivity index (χ0n) is 5.90. The average Bonchev–Trinajstić information content (AvgIpc) is 2.71. The molecule has 3 heteroatoms. The van der Waals surface area contributed by atoms with Crippen LogP contribution < -0.4 is 5.32 Å². The molecule has 0 heterocycles. The Hall–Kier alpha value is 0.110. The van der Waals surface area contributed by atoms with Crippen LogP contribution in [-0.4, -0.2) is 24.2 Å². The number of nitrogens with one attached hydrogen (secondary N) is 1. The van der Waals surface area contributed by atoms with Crippen LogP contribution >= 0.6 is 15.9 Å². The summed E-state index contributed by atoms with van der Waals surface area (Å²) in [6.45, 7) is 1.56. The lowest BCUT2D eigenvalue weighted by atomic mass is 10.4. The summed E-state index contributed by atoms with van der Waals surface area (Å²) in [5.74, 6) is 1.10. The lowest BCUT2D eigenvalue weighted by molar-refractivity contribution is -0.115. The normalized spacial score (nSPS) is 17.3. The molecule has 1 aliphatic carbocycles. The van der Waals surface area contributed by atoms with Gasteiger partial charge < -0.3 is 5.32 Å². The molecule has 58 valence electrons. The van der Waals surface area contributed by atoms with E-state index in [0.717, 1.165) is 12.5 Å². The number of ketones is 1. The monoisotopic (exact) mass is 205 g/mol. The van der Waals surface area contributed by atoms with E-state index in [-0.39, 0.29) is 5.78 Å². The van der Waals surface area contributed by atoms with Gasteiger partial charge in [0.1, 0.15) is 0 Å². The molecule has 0 aromatic carbocycles. The van der Waals surface area contributed by atoms with E-state index >= 15 is 0 Å². The second-order valence-electron chi connectivity index (χ2n) is 2.75. The van der Waals surface area contributed by atoms with E-state index in [1.54, 1.807) is 0 Å². The zero-order valence-corrected chi connectivity index (χ0v) is 7.49. The molecular formula is C7H12BrNO. The van der Waals surface area contributed by atoms with Crippen LogP contribution in [0.5, 0.6) is 0 Å². The van der Waals surface area contributed by atoms with E-state index in [1.165, 1.54) is 12.8 Å². The summed E-state index contributed by atoms with van der Waals surface area (Å²) in [5, 5.41) is 3.60. The van der Waals surface area contributed by atoms with Gasteiger partial charge in [-0.3, -0.25) is 4.79 Å². The van der Waals surface area contributed by atoms with Crippen molar-refractivity contribution in [1.29, 1.82) is 0 Å². The fourth-order valence-electron chi connectivity index (χ4n) is 0.785. The van der Waals surface area contributed by atoms with Crippen LogP contribution in [0.2, 0.25) is 0 Å². The minimum atomic E-state index is 0.237. The van der Waals surface area contributed by atoms with Crippen molar-refractivity contribution in [3.05, 3.63) is 0 Å². The van der Waals surface area contributed by atoms with Gasteiger partial charge in [-0.05, 0) is 25.3 Å². The van der Waals surface area contributed by atoms with Crippen LogP contribution in [0.3, 0.4) is 0 Å². The third-order valence-electron chi connectivity index (χ3n) is 1.60. The Kier molecular flexibility index (Phi) is 3.35. The first kappa shape index (κ1) is 8.21. The number of carbonyl (C=O) groups is 1. The fourth-order valence-corrected chi connectivity index (χ4v) is 0.983. The lowest BCUT2D eigenvalue weighted by Crippen LogP contribution is -2.25. The molecule has 0 aliphatic heterocycles. The predicted molar refractivity (Wildman–Crippen MR) is 44.4 cm³/mol. The van der Waals surface area contributed by atoms with Crippen molar-refractivity contribution in [3.63, 3.8) is 0 Å². The number of alkyl halides is 1. The summed E-state index contributed by atoms with van der Waals surface area (Å²) in [6, 6.07) is 0. The number of halogens is 1. The zero-order chi connectivity index (χ0) is 7.40. The van der Waals surface area contributed by atoms with Gasteiger partial charge in [-0.2, -0.15) is 0 Å². The highest BCUT2D eigenvalue weighted by Gasteiger charge is 2.20.